The molecule has 0 bridgehead atoms. The van der Waals surface area contributed by atoms with Crippen molar-refractivity contribution in [2.24, 2.45) is 7.05 Å². The minimum absolute atomic E-state index is 0.316. The molecule has 2 rings (SSSR count). The Morgan fingerprint density at radius 3 is 2.65 bits per heavy atom. The number of nitrogens with zero attached hydrogens (tertiary/aromatic N) is 2. The van der Waals surface area contributed by atoms with E-state index in [9.17, 15) is 8.42 Å². The number of aryl methyl sites for hydroxylation is 2. The van der Waals surface area contributed by atoms with Crippen LogP contribution in [-0.4, -0.2) is 24.4 Å². The monoisotopic (exact) mass is 310 g/mol. The van der Waals surface area contributed by atoms with Gasteiger partial charge in [0.15, 0.2) is 9.84 Å². The van der Waals surface area contributed by atoms with Crippen LogP contribution in [0.1, 0.15) is 5.56 Å². The van der Waals surface area contributed by atoms with E-state index in [0.717, 1.165) is 10.7 Å². The van der Waals surface area contributed by atoms with Crippen molar-refractivity contribution >= 4 is 21.6 Å². The van der Waals surface area contributed by atoms with E-state index >= 15 is 0 Å². The molecule has 0 unspecified atom stereocenters. The third-order valence-corrected chi connectivity index (χ3v) is 5.14. The maximum atomic E-state index is 12.1. The molecule has 0 saturated carbocycles. The Balaban J connectivity index is 1.99. The molecular formula is C13H16N3O2S2+. The normalized spacial score (nSPS) is 12.1. The fourth-order valence-electron chi connectivity index (χ4n) is 1.54. The molecule has 20 heavy (non-hydrogen) atoms. The molecule has 1 aromatic heterocycles. The lowest BCUT2D eigenvalue weighted by atomic mass is 10.2. The zero-order valence-corrected chi connectivity index (χ0v) is 12.9. The molecular weight excluding hydrogens is 294 g/mol. The van der Waals surface area contributed by atoms with Gasteiger partial charge in [-0.05, 0) is 30.8 Å². The largest absolute Gasteiger partial charge is 0.293 e. The summed E-state index contributed by atoms with van der Waals surface area (Å²) in [7, 11) is -1.48. The summed E-state index contributed by atoms with van der Waals surface area (Å²) in [6, 6.07) is 6.83. The van der Waals surface area contributed by atoms with Gasteiger partial charge in [0.1, 0.15) is 0 Å². The zero-order chi connectivity index (χ0) is 14.6. The molecule has 0 aliphatic heterocycles. The number of benzene rings is 1. The first kappa shape index (κ1) is 14.8. The first-order chi connectivity index (χ1) is 9.49. The van der Waals surface area contributed by atoms with E-state index in [1.165, 1.54) is 17.2 Å². The maximum Gasteiger partial charge on any atom is 0.293 e. The van der Waals surface area contributed by atoms with Crippen molar-refractivity contribution in [3.8, 4) is 0 Å². The minimum Gasteiger partial charge on any atom is -0.228 e. The number of H-pyrrole nitrogens is 1. The van der Waals surface area contributed by atoms with E-state index in [1.54, 1.807) is 36.7 Å². The molecule has 7 heteroatoms. The second-order valence-corrected chi connectivity index (χ2v) is 7.16. The Morgan fingerprint density at radius 2 is 2.05 bits per heavy atom. The number of aromatic amines is 1. The van der Waals surface area contributed by atoms with Crippen LogP contribution in [0.4, 0.5) is 0 Å². The SMILES string of the molecule is Cc1ccc(S(=O)(=O)C=CCSc2[nH]nc[n+]2C)cc1. The molecule has 0 saturated heterocycles. The molecule has 2 aromatic rings. The van der Waals surface area contributed by atoms with Crippen LogP contribution in [0.2, 0.25) is 0 Å². The standard InChI is InChI=1S/C13H15N3O2S2/c1-11-4-6-12(7-5-11)20(17,18)9-3-8-19-13-15-14-10-16(13)2/h3-7,9-10H,8H2,1-2H3/p+1. The molecule has 0 spiro atoms. The Hall–Kier alpha value is -1.60. The molecule has 0 fully saturated rings. The van der Waals surface area contributed by atoms with Gasteiger partial charge < -0.3 is 0 Å². The molecule has 5 nitrogen and oxygen atoms in total. The van der Waals surface area contributed by atoms with Crippen molar-refractivity contribution < 1.29 is 13.0 Å². The average molecular weight is 310 g/mol. The van der Waals surface area contributed by atoms with Crippen LogP contribution in [-0.2, 0) is 16.9 Å². The number of rotatable bonds is 5. The second kappa shape index (κ2) is 6.23. The maximum absolute atomic E-state index is 12.1. The summed E-state index contributed by atoms with van der Waals surface area (Å²) in [5.74, 6) is 0.557. The van der Waals surface area contributed by atoms with E-state index in [1.807, 2.05) is 18.5 Å². The summed E-state index contributed by atoms with van der Waals surface area (Å²) in [6.07, 6.45) is 3.30. The van der Waals surface area contributed by atoms with Gasteiger partial charge in [0, 0.05) is 16.3 Å². The fourth-order valence-corrected chi connectivity index (χ4v) is 3.40. The third-order valence-electron chi connectivity index (χ3n) is 2.65. The van der Waals surface area contributed by atoms with Crippen LogP contribution in [0.5, 0.6) is 0 Å². The molecule has 0 aliphatic rings. The molecule has 0 atom stereocenters. The minimum atomic E-state index is -3.35. The first-order valence-corrected chi connectivity index (χ1v) is 8.52. The van der Waals surface area contributed by atoms with Crippen molar-refractivity contribution in [3.05, 3.63) is 47.6 Å². The van der Waals surface area contributed by atoms with Gasteiger partial charge in [0.2, 0.25) is 0 Å². The van der Waals surface area contributed by atoms with Gasteiger partial charge in [-0.15, -0.1) is 5.10 Å². The molecule has 106 valence electrons. The predicted molar refractivity (Wildman–Crippen MR) is 78.0 cm³/mol. The van der Waals surface area contributed by atoms with Gasteiger partial charge in [-0.3, -0.25) is 0 Å². The van der Waals surface area contributed by atoms with Crippen LogP contribution in [0, 0.1) is 6.92 Å². The van der Waals surface area contributed by atoms with Gasteiger partial charge in [-0.1, -0.05) is 23.8 Å². The van der Waals surface area contributed by atoms with Gasteiger partial charge in [0.05, 0.1) is 11.9 Å². The Morgan fingerprint density at radius 1 is 1.35 bits per heavy atom. The molecule has 1 aromatic carbocycles. The lowest BCUT2D eigenvalue weighted by molar-refractivity contribution is -0.709. The topological polar surface area (TPSA) is 66.7 Å². The van der Waals surface area contributed by atoms with Crippen molar-refractivity contribution in [3.63, 3.8) is 0 Å². The number of thioether (sulfide) groups is 1. The molecule has 1 heterocycles. The number of hydrogen-bond donors (Lipinski definition) is 1. The summed E-state index contributed by atoms with van der Waals surface area (Å²) in [5.41, 5.74) is 1.04. The summed E-state index contributed by atoms with van der Waals surface area (Å²) in [4.78, 5) is 0.316. The van der Waals surface area contributed by atoms with Gasteiger partial charge >= 0.3 is 0 Å². The van der Waals surface area contributed by atoms with E-state index in [-0.39, 0.29) is 0 Å². The molecule has 0 aliphatic carbocycles. The van der Waals surface area contributed by atoms with E-state index in [0.29, 0.717) is 10.6 Å². The van der Waals surface area contributed by atoms with Crippen molar-refractivity contribution in [2.75, 3.05) is 5.75 Å². The summed E-state index contributed by atoms with van der Waals surface area (Å²) < 4.78 is 25.9. The van der Waals surface area contributed by atoms with E-state index in [4.69, 9.17) is 0 Å². The highest BCUT2D eigenvalue weighted by Crippen LogP contribution is 2.14. The van der Waals surface area contributed by atoms with Gasteiger partial charge in [-0.2, -0.15) is 0 Å². The quantitative estimate of drug-likeness (QED) is 0.673. The van der Waals surface area contributed by atoms with E-state index < -0.39 is 9.84 Å². The first-order valence-electron chi connectivity index (χ1n) is 5.99. The summed E-state index contributed by atoms with van der Waals surface area (Å²) in [5, 5.41) is 8.84. The average Bonchev–Trinajstić information content (AvgIpc) is 2.81. The highest BCUT2D eigenvalue weighted by atomic mass is 32.2. The van der Waals surface area contributed by atoms with Crippen LogP contribution >= 0.6 is 11.8 Å². The van der Waals surface area contributed by atoms with Crippen LogP contribution in [0.3, 0.4) is 0 Å². The second-order valence-electron chi connectivity index (χ2n) is 4.31. The van der Waals surface area contributed by atoms with Crippen molar-refractivity contribution in [1.29, 1.82) is 0 Å². The molecule has 1 N–H and O–H groups in total. The zero-order valence-electron chi connectivity index (χ0n) is 11.3. The predicted octanol–water partition coefficient (Wildman–Crippen LogP) is 1.62. The lowest BCUT2D eigenvalue weighted by Crippen LogP contribution is -2.27. The summed E-state index contributed by atoms with van der Waals surface area (Å²) >= 11 is 1.49. The van der Waals surface area contributed by atoms with Crippen molar-refractivity contribution in [1.82, 2.24) is 10.2 Å². The highest BCUT2D eigenvalue weighted by molar-refractivity contribution is 7.99. The van der Waals surface area contributed by atoms with Gasteiger partial charge in [0.25, 0.3) is 11.5 Å². The number of hydrogen-bond acceptors (Lipinski definition) is 4. The number of aromatic nitrogens is 3. The fraction of sp³-hybridized carbons (Fsp3) is 0.231. The number of sulfone groups is 1. The Bertz CT molecular complexity index is 703. The van der Waals surface area contributed by atoms with Crippen LogP contribution in [0.25, 0.3) is 0 Å². The Labute approximate surface area is 122 Å². The molecule has 0 radical (unpaired) electrons. The van der Waals surface area contributed by atoms with Crippen LogP contribution in [0.15, 0.2) is 52.1 Å². The van der Waals surface area contributed by atoms with Gasteiger partial charge in [-0.25, -0.2) is 13.0 Å². The Kier molecular flexibility index (Phi) is 4.61. The summed E-state index contributed by atoms with van der Waals surface area (Å²) in [6.45, 7) is 1.92. The number of nitrogens with one attached hydrogen (secondary N) is 1. The lowest BCUT2D eigenvalue weighted by Gasteiger charge is -1.99. The highest BCUT2D eigenvalue weighted by Gasteiger charge is 2.10. The third kappa shape index (κ3) is 3.71. The van der Waals surface area contributed by atoms with Crippen LogP contribution < -0.4 is 4.57 Å². The van der Waals surface area contributed by atoms with Crippen molar-refractivity contribution in [2.45, 2.75) is 17.0 Å². The van der Waals surface area contributed by atoms with E-state index in [2.05, 4.69) is 10.2 Å². The smallest absolute Gasteiger partial charge is 0.228 e. The molecule has 0 amide bonds.